The number of rotatable bonds is 3. The molecule has 8 heteroatoms. The number of ether oxygens (including phenoxy) is 1. The molecule has 1 aliphatic heterocycles. The predicted octanol–water partition coefficient (Wildman–Crippen LogP) is 4.39. The van der Waals surface area contributed by atoms with Gasteiger partial charge in [-0.15, -0.1) is 0 Å². The van der Waals surface area contributed by atoms with Gasteiger partial charge in [-0.05, 0) is 42.7 Å². The number of alkyl halides is 3. The SMILES string of the molecule is CCOC(=O)c1ccc2nc(C(F)(F)F)nc(N3CCc4ccccc4C3)c2c1. The van der Waals surface area contributed by atoms with Gasteiger partial charge in [-0.1, -0.05) is 24.3 Å². The molecular formula is C21H18F3N3O2. The van der Waals surface area contributed by atoms with Crippen LogP contribution in [0.3, 0.4) is 0 Å². The Bertz CT molecular complexity index is 1080. The van der Waals surface area contributed by atoms with Crippen molar-refractivity contribution in [3.8, 4) is 0 Å². The number of halogens is 3. The number of aromatic nitrogens is 2. The summed E-state index contributed by atoms with van der Waals surface area (Å²) in [6.45, 7) is 2.84. The van der Waals surface area contributed by atoms with Crippen molar-refractivity contribution in [3.63, 3.8) is 0 Å². The van der Waals surface area contributed by atoms with Gasteiger partial charge in [0.05, 0.1) is 17.7 Å². The van der Waals surface area contributed by atoms with E-state index >= 15 is 0 Å². The molecule has 0 atom stereocenters. The van der Waals surface area contributed by atoms with Crippen molar-refractivity contribution in [3.05, 3.63) is 65.0 Å². The monoisotopic (exact) mass is 401 g/mol. The average Bonchev–Trinajstić information content (AvgIpc) is 2.71. The van der Waals surface area contributed by atoms with E-state index in [1.54, 1.807) is 11.8 Å². The van der Waals surface area contributed by atoms with E-state index in [1.807, 2.05) is 24.3 Å². The lowest BCUT2D eigenvalue weighted by molar-refractivity contribution is -0.144. The van der Waals surface area contributed by atoms with Crippen LogP contribution in [-0.4, -0.2) is 29.1 Å². The van der Waals surface area contributed by atoms with Crippen LogP contribution in [0.25, 0.3) is 10.9 Å². The Kier molecular flexibility index (Phi) is 4.86. The number of benzene rings is 2. The predicted molar refractivity (Wildman–Crippen MR) is 102 cm³/mol. The summed E-state index contributed by atoms with van der Waals surface area (Å²) < 4.78 is 45.2. The summed E-state index contributed by atoms with van der Waals surface area (Å²) in [5.74, 6) is -1.56. The Labute approximate surface area is 165 Å². The molecule has 150 valence electrons. The molecule has 1 aromatic heterocycles. The maximum atomic E-state index is 13.4. The van der Waals surface area contributed by atoms with E-state index in [4.69, 9.17) is 4.74 Å². The van der Waals surface area contributed by atoms with Gasteiger partial charge in [0.25, 0.3) is 0 Å². The molecular weight excluding hydrogens is 383 g/mol. The first kappa shape index (κ1) is 19.2. The molecule has 0 unspecified atom stereocenters. The Hall–Kier alpha value is -3.16. The molecule has 0 aliphatic carbocycles. The highest BCUT2D eigenvalue weighted by Gasteiger charge is 2.36. The van der Waals surface area contributed by atoms with Crippen LogP contribution < -0.4 is 4.90 Å². The smallest absolute Gasteiger partial charge is 0.451 e. The van der Waals surface area contributed by atoms with E-state index in [9.17, 15) is 18.0 Å². The van der Waals surface area contributed by atoms with E-state index in [1.165, 1.54) is 23.8 Å². The van der Waals surface area contributed by atoms with Gasteiger partial charge in [-0.2, -0.15) is 13.2 Å². The number of carbonyl (C=O) groups excluding carboxylic acids is 1. The van der Waals surface area contributed by atoms with Gasteiger partial charge < -0.3 is 9.64 Å². The van der Waals surface area contributed by atoms with Crippen molar-refractivity contribution in [2.75, 3.05) is 18.1 Å². The first-order valence-corrected chi connectivity index (χ1v) is 9.24. The Morgan fingerprint density at radius 2 is 1.90 bits per heavy atom. The van der Waals surface area contributed by atoms with Crippen molar-refractivity contribution < 1.29 is 22.7 Å². The van der Waals surface area contributed by atoms with Crippen molar-refractivity contribution >= 4 is 22.7 Å². The van der Waals surface area contributed by atoms with Crippen molar-refractivity contribution in [2.45, 2.75) is 26.1 Å². The zero-order valence-electron chi connectivity index (χ0n) is 15.7. The molecule has 29 heavy (non-hydrogen) atoms. The normalized spacial score (nSPS) is 14.0. The van der Waals surface area contributed by atoms with Gasteiger partial charge in [-0.3, -0.25) is 0 Å². The topological polar surface area (TPSA) is 55.3 Å². The van der Waals surface area contributed by atoms with E-state index < -0.39 is 18.0 Å². The number of fused-ring (bicyclic) bond motifs is 2. The van der Waals surface area contributed by atoms with Gasteiger partial charge >= 0.3 is 12.1 Å². The number of anilines is 1. The van der Waals surface area contributed by atoms with Crippen molar-refractivity contribution in [2.24, 2.45) is 0 Å². The number of hydrogen-bond acceptors (Lipinski definition) is 5. The molecule has 0 N–H and O–H groups in total. The highest BCUT2D eigenvalue weighted by molar-refractivity contribution is 5.98. The maximum absolute atomic E-state index is 13.4. The standard InChI is InChI=1S/C21H18F3N3O2/c1-2-29-19(28)14-7-8-17-16(11-14)18(26-20(25-17)21(22,23)24)27-10-9-13-5-3-4-6-15(13)12-27/h3-8,11H,2,9-10,12H2,1H3. The average molecular weight is 401 g/mol. The first-order chi connectivity index (χ1) is 13.9. The van der Waals surface area contributed by atoms with E-state index in [0.717, 1.165) is 5.56 Å². The number of esters is 1. The highest BCUT2D eigenvalue weighted by Crippen LogP contribution is 2.34. The summed E-state index contributed by atoms with van der Waals surface area (Å²) in [5.41, 5.74) is 2.60. The maximum Gasteiger partial charge on any atom is 0.451 e. The molecule has 1 aliphatic rings. The second kappa shape index (κ2) is 7.35. The van der Waals surface area contributed by atoms with Gasteiger partial charge in [0, 0.05) is 18.5 Å². The lowest BCUT2D eigenvalue weighted by Gasteiger charge is -2.31. The molecule has 0 fully saturated rings. The summed E-state index contributed by atoms with van der Waals surface area (Å²) in [5, 5.41) is 0.392. The molecule has 0 saturated heterocycles. The second-order valence-electron chi connectivity index (χ2n) is 6.76. The molecule has 2 heterocycles. The molecule has 0 spiro atoms. The van der Waals surface area contributed by atoms with Gasteiger partial charge in [0.1, 0.15) is 5.82 Å². The molecule has 4 rings (SSSR count). The first-order valence-electron chi connectivity index (χ1n) is 9.24. The van der Waals surface area contributed by atoms with Crippen molar-refractivity contribution in [1.29, 1.82) is 0 Å². The minimum atomic E-state index is -4.67. The Morgan fingerprint density at radius 3 is 2.62 bits per heavy atom. The second-order valence-corrected chi connectivity index (χ2v) is 6.76. The largest absolute Gasteiger partial charge is 0.462 e. The third-order valence-corrected chi connectivity index (χ3v) is 4.87. The van der Waals surface area contributed by atoms with Crippen LogP contribution in [0.1, 0.15) is 34.2 Å². The van der Waals surface area contributed by atoms with Crippen molar-refractivity contribution in [1.82, 2.24) is 9.97 Å². The van der Waals surface area contributed by atoms with Crippen LogP contribution in [-0.2, 0) is 23.9 Å². The molecule has 0 amide bonds. The zero-order chi connectivity index (χ0) is 20.6. The molecule has 0 radical (unpaired) electrons. The Balaban J connectivity index is 1.85. The number of nitrogens with zero attached hydrogens (tertiary/aromatic N) is 3. The summed E-state index contributed by atoms with van der Waals surface area (Å²) >= 11 is 0. The lowest BCUT2D eigenvalue weighted by Crippen LogP contribution is -2.32. The van der Waals surface area contributed by atoms with Crippen LogP contribution in [0.2, 0.25) is 0 Å². The van der Waals surface area contributed by atoms with E-state index in [2.05, 4.69) is 9.97 Å². The van der Waals surface area contributed by atoms with Crippen LogP contribution in [0.4, 0.5) is 19.0 Å². The minimum Gasteiger partial charge on any atom is -0.462 e. The highest BCUT2D eigenvalue weighted by atomic mass is 19.4. The van der Waals surface area contributed by atoms with E-state index in [-0.39, 0.29) is 23.5 Å². The fourth-order valence-corrected chi connectivity index (χ4v) is 3.50. The van der Waals surface area contributed by atoms with Crippen LogP contribution in [0.5, 0.6) is 0 Å². The molecule has 2 aromatic carbocycles. The minimum absolute atomic E-state index is 0.134. The molecule has 3 aromatic rings. The zero-order valence-corrected chi connectivity index (χ0v) is 15.7. The quantitative estimate of drug-likeness (QED) is 0.610. The number of hydrogen-bond donors (Lipinski definition) is 0. The van der Waals surface area contributed by atoms with Crippen LogP contribution >= 0.6 is 0 Å². The van der Waals surface area contributed by atoms with Gasteiger partial charge in [0.2, 0.25) is 5.82 Å². The van der Waals surface area contributed by atoms with Crippen LogP contribution in [0, 0.1) is 0 Å². The molecule has 5 nitrogen and oxygen atoms in total. The van der Waals surface area contributed by atoms with E-state index in [0.29, 0.717) is 24.9 Å². The molecule has 0 saturated carbocycles. The summed E-state index contributed by atoms with van der Waals surface area (Å²) in [6, 6.07) is 12.2. The molecule has 0 bridgehead atoms. The Morgan fingerprint density at radius 1 is 1.14 bits per heavy atom. The van der Waals surface area contributed by atoms with Gasteiger partial charge in [-0.25, -0.2) is 14.8 Å². The fourth-order valence-electron chi connectivity index (χ4n) is 3.50. The fraction of sp³-hybridized carbons (Fsp3) is 0.286. The number of carbonyl (C=O) groups is 1. The van der Waals surface area contributed by atoms with Crippen LogP contribution in [0.15, 0.2) is 42.5 Å². The lowest BCUT2D eigenvalue weighted by atomic mass is 9.99. The third-order valence-electron chi connectivity index (χ3n) is 4.87. The summed E-state index contributed by atoms with van der Waals surface area (Å²) in [6.07, 6.45) is -3.98. The summed E-state index contributed by atoms with van der Waals surface area (Å²) in [4.78, 5) is 21.4. The summed E-state index contributed by atoms with van der Waals surface area (Å²) in [7, 11) is 0. The third kappa shape index (κ3) is 3.74. The van der Waals surface area contributed by atoms with Gasteiger partial charge in [0.15, 0.2) is 0 Å².